The van der Waals surface area contributed by atoms with Crippen molar-refractivity contribution >= 4 is 40.8 Å². The summed E-state index contributed by atoms with van der Waals surface area (Å²) in [7, 11) is 0. The Bertz CT molecular complexity index is 979. The zero-order chi connectivity index (χ0) is 22.5. The van der Waals surface area contributed by atoms with Gasteiger partial charge in [-0.1, -0.05) is 35.9 Å². The van der Waals surface area contributed by atoms with E-state index in [0.717, 1.165) is 18.8 Å². The Morgan fingerprint density at radius 2 is 1.75 bits per heavy atom. The Kier molecular flexibility index (Phi) is 6.80. The number of carbonyl (C=O) groups excluding carboxylic acids is 3. The fraction of sp³-hybridized carbons (Fsp3) is 0.348. The van der Waals surface area contributed by atoms with Crippen LogP contribution in [0.5, 0.6) is 0 Å². The standard InChI is InChI=1S/C23H26ClN5O3/c24-17-5-4-6-18(15-17)26-23(32)29-10-9-25-22(31)20(29)16-21(30)28-13-11-27(12-14-28)19-7-2-1-3-8-19/h1-8,15,20H,9-14,16H2,(H,25,31)(H,26,32)/t20-/m1/s1. The molecule has 0 radical (unpaired) electrons. The monoisotopic (exact) mass is 455 g/mol. The van der Waals surface area contributed by atoms with Crippen molar-refractivity contribution in [2.75, 3.05) is 49.5 Å². The highest BCUT2D eigenvalue weighted by atomic mass is 35.5. The molecular formula is C23H26ClN5O3. The first-order chi connectivity index (χ1) is 15.5. The Morgan fingerprint density at radius 1 is 1.00 bits per heavy atom. The Morgan fingerprint density at radius 3 is 2.47 bits per heavy atom. The minimum atomic E-state index is -0.845. The highest BCUT2D eigenvalue weighted by molar-refractivity contribution is 6.30. The lowest BCUT2D eigenvalue weighted by atomic mass is 10.1. The molecule has 2 fully saturated rings. The molecule has 0 saturated carbocycles. The van der Waals surface area contributed by atoms with Gasteiger partial charge < -0.3 is 25.3 Å². The lowest BCUT2D eigenvalue weighted by Gasteiger charge is -2.38. The number of para-hydroxylation sites is 1. The van der Waals surface area contributed by atoms with Crippen LogP contribution in [-0.2, 0) is 9.59 Å². The van der Waals surface area contributed by atoms with Crippen LogP contribution in [0.1, 0.15) is 6.42 Å². The van der Waals surface area contributed by atoms with Crippen molar-refractivity contribution in [3.8, 4) is 0 Å². The van der Waals surface area contributed by atoms with E-state index in [1.54, 1.807) is 29.2 Å². The Labute approximate surface area is 192 Å². The van der Waals surface area contributed by atoms with E-state index in [2.05, 4.69) is 27.7 Å². The number of nitrogens with one attached hydrogen (secondary N) is 2. The molecular weight excluding hydrogens is 430 g/mol. The summed E-state index contributed by atoms with van der Waals surface area (Å²) in [5, 5.41) is 6.04. The molecule has 0 aliphatic carbocycles. The molecule has 2 saturated heterocycles. The molecule has 0 bridgehead atoms. The largest absolute Gasteiger partial charge is 0.368 e. The number of piperazine rings is 2. The Balaban J connectivity index is 1.37. The van der Waals surface area contributed by atoms with Gasteiger partial charge in [0.25, 0.3) is 0 Å². The molecule has 0 spiro atoms. The van der Waals surface area contributed by atoms with Gasteiger partial charge in [-0.25, -0.2) is 4.79 Å². The summed E-state index contributed by atoms with van der Waals surface area (Å²) in [6.07, 6.45) is -0.0415. The number of nitrogens with zero attached hydrogens (tertiary/aromatic N) is 3. The molecule has 32 heavy (non-hydrogen) atoms. The van der Waals surface area contributed by atoms with Crippen LogP contribution in [0.3, 0.4) is 0 Å². The number of hydrogen-bond donors (Lipinski definition) is 2. The minimum Gasteiger partial charge on any atom is -0.368 e. The molecule has 2 N–H and O–H groups in total. The van der Waals surface area contributed by atoms with E-state index >= 15 is 0 Å². The van der Waals surface area contributed by atoms with E-state index < -0.39 is 12.1 Å². The molecule has 0 unspecified atom stereocenters. The summed E-state index contributed by atoms with van der Waals surface area (Å²) in [6, 6.07) is 15.6. The van der Waals surface area contributed by atoms with Gasteiger partial charge in [-0.15, -0.1) is 0 Å². The summed E-state index contributed by atoms with van der Waals surface area (Å²) in [5.41, 5.74) is 1.67. The molecule has 2 heterocycles. The van der Waals surface area contributed by atoms with Crippen LogP contribution in [-0.4, -0.2) is 73.0 Å². The van der Waals surface area contributed by atoms with Crippen LogP contribution in [0.25, 0.3) is 0 Å². The number of benzene rings is 2. The predicted molar refractivity (Wildman–Crippen MR) is 124 cm³/mol. The summed E-state index contributed by atoms with van der Waals surface area (Å²) in [4.78, 5) is 43.8. The normalized spacial score (nSPS) is 18.8. The summed E-state index contributed by atoms with van der Waals surface area (Å²) in [5.74, 6) is -0.436. The van der Waals surface area contributed by atoms with Crippen molar-refractivity contribution in [2.24, 2.45) is 0 Å². The molecule has 2 aliphatic rings. The Hall–Kier alpha value is -3.26. The van der Waals surface area contributed by atoms with Gasteiger partial charge in [0.05, 0.1) is 6.42 Å². The zero-order valence-corrected chi connectivity index (χ0v) is 18.4. The second-order valence-corrected chi connectivity index (χ2v) is 8.28. The molecule has 2 aliphatic heterocycles. The maximum absolute atomic E-state index is 13.0. The summed E-state index contributed by atoms with van der Waals surface area (Å²) >= 11 is 5.99. The fourth-order valence-corrected chi connectivity index (χ4v) is 4.26. The van der Waals surface area contributed by atoms with Crippen LogP contribution < -0.4 is 15.5 Å². The van der Waals surface area contributed by atoms with E-state index in [4.69, 9.17) is 11.6 Å². The highest BCUT2D eigenvalue weighted by Gasteiger charge is 2.36. The maximum atomic E-state index is 13.0. The van der Waals surface area contributed by atoms with E-state index in [1.807, 2.05) is 18.2 Å². The predicted octanol–water partition coefficient (Wildman–Crippen LogP) is 2.41. The second-order valence-electron chi connectivity index (χ2n) is 7.85. The topological polar surface area (TPSA) is 85.0 Å². The molecule has 168 valence electrons. The maximum Gasteiger partial charge on any atom is 0.322 e. The first kappa shape index (κ1) is 22.0. The van der Waals surface area contributed by atoms with E-state index in [1.165, 1.54) is 4.90 Å². The van der Waals surface area contributed by atoms with Gasteiger partial charge in [0, 0.05) is 55.7 Å². The van der Waals surface area contributed by atoms with Gasteiger partial charge in [-0.3, -0.25) is 9.59 Å². The quantitative estimate of drug-likeness (QED) is 0.741. The number of amides is 4. The van der Waals surface area contributed by atoms with Crippen LogP contribution in [0.4, 0.5) is 16.2 Å². The smallest absolute Gasteiger partial charge is 0.322 e. The van der Waals surface area contributed by atoms with Crippen LogP contribution in [0.15, 0.2) is 54.6 Å². The summed E-state index contributed by atoms with van der Waals surface area (Å²) < 4.78 is 0. The molecule has 0 aromatic heterocycles. The van der Waals surface area contributed by atoms with Crippen LogP contribution >= 0.6 is 11.6 Å². The van der Waals surface area contributed by atoms with E-state index in [-0.39, 0.29) is 18.2 Å². The zero-order valence-electron chi connectivity index (χ0n) is 17.7. The second kappa shape index (κ2) is 9.91. The van der Waals surface area contributed by atoms with Crippen molar-refractivity contribution in [1.29, 1.82) is 0 Å². The molecule has 2 aromatic rings. The third-order valence-electron chi connectivity index (χ3n) is 5.79. The van der Waals surface area contributed by atoms with Gasteiger partial charge in [-0.05, 0) is 30.3 Å². The SMILES string of the molecule is O=C1NCCN(C(=O)Nc2cccc(Cl)c2)[C@@H]1CC(=O)N1CCN(c2ccccc2)CC1. The van der Waals surface area contributed by atoms with Gasteiger partial charge in [0.2, 0.25) is 11.8 Å². The van der Waals surface area contributed by atoms with Crippen molar-refractivity contribution in [1.82, 2.24) is 15.1 Å². The minimum absolute atomic E-state index is 0.0415. The van der Waals surface area contributed by atoms with E-state index in [9.17, 15) is 14.4 Å². The summed E-state index contributed by atoms with van der Waals surface area (Å²) in [6.45, 7) is 3.30. The number of carbonyl (C=O) groups is 3. The average Bonchev–Trinajstić information content (AvgIpc) is 2.81. The van der Waals surface area contributed by atoms with Gasteiger partial charge in [0.15, 0.2) is 0 Å². The van der Waals surface area contributed by atoms with Crippen molar-refractivity contribution in [2.45, 2.75) is 12.5 Å². The van der Waals surface area contributed by atoms with Crippen LogP contribution in [0, 0.1) is 0 Å². The fourth-order valence-electron chi connectivity index (χ4n) is 4.07. The van der Waals surface area contributed by atoms with Crippen molar-refractivity contribution < 1.29 is 14.4 Å². The lowest BCUT2D eigenvalue weighted by molar-refractivity contribution is -0.137. The number of anilines is 2. The van der Waals surface area contributed by atoms with Crippen molar-refractivity contribution in [3.05, 3.63) is 59.6 Å². The van der Waals surface area contributed by atoms with Crippen molar-refractivity contribution in [3.63, 3.8) is 0 Å². The number of hydrogen-bond acceptors (Lipinski definition) is 4. The average molecular weight is 456 g/mol. The van der Waals surface area contributed by atoms with Crippen LogP contribution in [0.2, 0.25) is 5.02 Å². The molecule has 2 aromatic carbocycles. The van der Waals surface area contributed by atoms with Gasteiger partial charge in [0.1, 0.15) is 6.04 Å². The third-order valence-corrected chi connectivity index (χ3v) is 6.02. The van der Waals surface area contributed by atoms with Gasteiger partial charge >= 0.3 is 6.03 Å². The molecule has 9 heteroatoms. The number of rotatable bonds is 4. The number of halogens is 1. The third kappa shape index (κ3) is 5.13. The molecule has 1 atom stereocenters. The van der Waals surface area contributed by atoms with E-state index in [0.29, 0.717) is 36.9 Å². The lowest BCUT2D eigenvalue weighted by Crippen LogP contribution is -2.60. The van der Waals surface area contributed by atoms with Gasteiger partial charge in [-0.2, -0.15) is 0 Å². The molecule has 4 amide bonds. The molecule has 8 nitrogen and oxygen atoms in total. The number of urea groups is 1. The first-order valence-corrected chi connectivity index (χ1v) is 11.1. The first-order valence-electron chi connectivity index (χ1n) is 10.7. The highest BCUT2D eigenvalue weighted by Crippen LogP contribution is 2.19. The molecule has 4 rings (SSSR count).